The van der Waals surface area contributed by atoms with Crippen molar-refractivity contribution in [2.24, 2.45) is 4.99 Å². The summed E-state index contributed by atoms with van der Waals surface area (Å²) in [6.45, 7) is 0.898. The Morgan fingerprint density at radius 2 is 2.30 bits per heavy atom. The number of piperazine rings is 1. The van der Waals surface area contributed by atoms with Gasteiger partial charge in [0.2, 0.25) is 11.8 Å². The van der Waals surface area contributed by atoms with Gasteiger partial charge in [-0.2, -0.15) is 0 Å². The lowest BCUT2D eigenvalue weighted by Crippen LogP contribution is -2.49. The fourth-order valence-corrected chi connectivity index (χ4v) is 2.87. The van der Waals surface area contributed by atoms with Gasteiger partial charge in [0.15, 0.2) is 22.9 Å². The summed E-state index contributed by atoms with van der Waals surface area (Å²) < 4.78 is 5.55. The average Bonchev–Trinajstić information content (AvgIpc) is 3.17. The van der Waals surface area contributed by atoms with Crippen LogP contribution >= 0.6 is 0 Å². The van der Waals surface area contributed by atoms with Gasteiger partial charge in [-0.15, -0.1) is 0 Å². The fourth-order valence-electron chi connectivity index (χ4n) is 2.87. The van der Waals surface area contributed by atoms with E-state index in [0.29, 0.717) is 24.5 Å². The van der Waals surface area contributed by atoms with Crippen molar-refractivity contribution >= 4 is 41.4 Å². The van der Waals surface area contributed by atoms with E-state index >= 15 is 0 Å². The third-order valence-corrected chi connectivity index (χ3v) is 4.13. The van der Waals surface area contributed by atoms with Gasteiger partial charge in [-0.1, -0.05) is 0 Å². The zero-order valence-corrected chi connectivity index (χ0v) is 14.0. The van der Waals surface area contributed by atoms with Crippen molar-refractivity contribution in [1.82, 2.24) is 15.3 Å². The molecular formula is C17H15N5O5. The first-order valence-electron chi connectivity index (χ1n) is 8.11. The smallest absolute Gasteiger partial charge is 0.345 e. The Balaban J connectivity index is 1.69. The van der Waals surface area contributed by atoms with E-state index in [-0.39, 0.29) is 24.1 Å². The lowest BCUT2D eigenvalue weighted by molar-refractivity contribution is -0.123. The maximum absolute atomic E-state index is 11.6. The van der Waals surface area contributed by atoms with Crippen molar-refractivity contribution < 1.29 is 24.2 Å². The number of carbonyl (C=O) groups is 2. The van der Waals surface area contributed by atoms with Crippen molar-refractivity contribution in [3.63, 3.8) is 0 Å². The molecule has 2 aromatic heterocycles. The molecule has 0 radical (unpaired) electrons. The third-order valence-electron chi connectivity index (χ3n) is 4.13. The quantitative estimate of drug-likeness (QED) is 0.628. The second-order valence-corrected chi connectivity index (χ2v) is 5.94. The molecule has 2 aliphatic heterocycles. The third kappa shape index (κ3) is 3.13. The Morgan fingerprint density at radius 1 is 1.44 bits per heavy atom. The summed E-state index contributed by atoms with van der Waals surface area (Å²) in [5.41, 5.74) is 3.72. The number of carbonyl (C=O) groups excluding carboxylic acids is 1. The first-order chi connectivity index (χ1) is 13.0. The van der Waals surface area contributed by atoms with Crippen LogP contribution in [0.25, 0.3) is 11.6 Å². The van der Waals surface area contributed by atoms with Crippen LogP contribution in [0.1, 0.15) is 21.7 Å². The van der Waals surface area contributed by atoms with Crippen molar-refractivity contribution in [2.75, 3.05) is 25.1 Å². The van der Waals surface area contributed by atoms with Crippen LogP contribution in [0, 0.1) is 0 Å². The van der Waals surface area contributed by atoms with E-state index in [1.807, 2.05) is 6.07 Å². The maximum atomic E-state index is 11.6. The van der Waals surface area contributed by atoms with Crippen LogP contribution in [0.4, 0.5) is 11.7 Å². The standard InChI is InChI=1S/C17H15N5O5/c23-12-8-22(5-4-18-12)21-16-13(17(25)26)14(24)11(27-16)6-9-7-20-15-10(9)2-1-3-19-15/h1-3,6-7,21,24H,4-5,8H2,(H,18,23)(H,25,26). The van der Waals surface area contributed by atoms with E-state index in [4.69, 9.17) is 4.42 Å². The van der Waals surface area contributed by atoms with Gasteiger partial charge in [0.1, 0.15) is 0 Å². The minimum atomic E-state index is -1.35. The number of nitrogens with one attached hydrogen (secondary N) is 2. The number of amides is 1. The highest BCUT2D eigenvalue weighted by Gasteiger charge is 2.28. The molecule has 1 saturated heterocycles. The molecule has 4 heterocycles. The lowest BCUT2D eigenvalue weighted by Gasteiger charge is -2.26. The molecule has 0 spiro atoms. The van der Waals surface area contributed by atoms with Gasteiger partial charge < -0.3 is 19.9 Å². The molecular weight excluding hydrogens is 354 g/mol. The number of anilines is 1. The number of nitrogens with zero attached hydrogens (tertiary/aromatic N) is 3. The molecule has 0 aromatic carbocycles. The summed E-state index contributed by atoms with van der Waals surface area (Å²) >= 11 is 0. The number of hydrogen-bond donors (Lipinski definition) is 4. The largest absolute Gasteiger partial charge is 0.504 e. The van der Waals surface area contributed by atoms with Gasteiger partial charge in [0.05, 0.1) is 6.54 Å². The summed E-state index contributed by atoms with van der Waals surface area (Å²) in [5.74, 6) is -1.71. The van der Waals surface area contributed by atoms with Gasteiger partial charge in [0.25, 0.3) is 0 Å². The highest BCUT2D eigenvalue weighted by molar-refractivity contribution is 6.21. The fraction of sp³-hybridized carbons (Fsp3) is 0.176. The lowest BCUT2D eigenvalue weighted by atomic mass is 10.1. The van der Waals surface area contributed by atoms with Crippen LogP contribution in [0.3, 0.4) is 0 Å². The van der Waals surface area contributed by atoms with Gasteiger partial charge in [-0.3, -0.25) is 10.2 Å². The summed E-state index contributed by atoms with van der Waals surface area (Å²) in [6, 6.07) is 3.56. The van der Waals surface area contributed by atoms with Crippen LogP contribution in [-0.4, -0.2) is 57.9 Å². The number of pyridine rings is 1. The molecule has 0 bridgehead atoms. The van der Waals surface area contributed by atoms with Gasteiger partial charge in [-0.05, 0) is 18.2 Å². The molecule has 4 N–H and O–H groups in total. The zero-order valence-electron chi connectivity index (χ0n) is 14.0. The molecule has 0 saturated carbocycles. The second kappa shape index (κ2) is 6.57. The molecule has 0 unspecified atom stereocenters. The van der Waals surface area contributed by atoms with Gasteiger partial charge in [0, 0.05) is 36.6 Å². The number of aromatic nitrogens is 1. The number of hydrogen-bond acceptors (Lipinski definition) is 8. The first-order valence-corrected chi connectivity index (χ1v) is 8.11. The maximum Gasteiger partial charge on any atom is 0.345 e. The summed E-state index contributed by atoms with van der Waals surface area (Å²) in [4.78, 5) is 31.4. The number of aromatic hydroxyl groups is 1. The van der Waals surface area contributed by atoms with Crippen LogP contribution in [0.5, 0.6) is 5.75 Å². The highest BCUT2D eigenvalue weighted by atomic mass is 16.4. The van der Waals surface area contributed by atoms with Crippen LogP contribution in [0.15, 0.2) is 27.7 Å². The molecule has 27 heavy (non-hydrogen) atoms. The van der Waals surface area contributed by atoms with E-state index in [1.54, 1.807) is 18.5 Å². The predicted octanol–water partition coefficient (Wildman–Crippen LogP) is 1.09. The Labute approximate surface area is 152 Å². The van der Waals surface area contributed by atoms with E-state index < -0.39 is 17.3 Å². The van der Waals surface area contributed by atoms with Crippen molar-refractivity contribution in [1.29, 1.82) is 0 Å². The molecule has 1 amide bonds. The van der Waals surface area contributed by atoms with E-state index in [1.165, 1.54) is 11.1 Å². The highest BCUT2D eigenvalue weighted by Crippen LogP contribution is 2.38. The van der Waals surface area contributed by atoms with Gasteiger partial charge >= 0.3 is 5.97 Å². The van der Waals surface area contributed by atoms with Crippen molar-refractivity contribution in [3.8, 4) is 5.75 Å². The molecule has 0 aliphatic carbocycles. The minimum Gasteiger partial charge on any atom is -0.504 e. The monoisotopic (exact) mass is 369 g/mol. The Hall–Kier alpha value is -3.66. The Kier molecular flexibility index (Phi) is 4.09. The van der Waals surface area contributed by atoms with Crippen molar-refractivity contribution in [3.05, 3.63) is 35.2 Å². The van der Waals surface area contributed by atoms with Gasteiger partial charge in [-0.25, -0.2) is 19.8 Å². The normalized spacial score (nSPS) is 17.8. The molecule has 1 fully saturated rings. The number of furan rings is 1. The number of allylic oxidation sites excluding steroid dienone is 1. The minimum absolute atomic E-state index is 0.0304. The molecule has 4 rings (SSSR count). The van der Waals surface area contributed by atoms with Crippen LogP contribution in [0.2, 0.25) is 0 Å². The number of carboxylic acids is 1. The first kappa shape index (κ1) is 16.8. The number of fused-ring (bicyclic) bond motifs is 1. The molecule has 2 aliphatic rings. The Morgan fingerprint density at radius 3 is 3.07 bits per heavy atom. The zero-order chi connectivity index (χ0) is 19.0. The van der Waals surface area contributed by atoms with E-state index in [9.17, 15) is 19.8 Å². The van der Waals surface area contributed by atoms with Crippen LogP contribution < -0.4 is 10.7 Å². The molecule has 10 heteroatoms. The van der Waals surface area contributed by atoms with Crippen LogP contribution in [-0.2, 0) is 4.79 Å². The topological polar surface area (TPSA) is 140 Å². The predicted molar refractivity (Wildman–Crippen MR) is 95.8 cm³/mol. The summed E-state index contributed by atoms with van der Waals surface area (Å²) in [5, 5.41) is 24.0. The molecule has 10 nitrogen and oxygen atoms in total. The van der Waals surface area contributed by atoms with E-state index in [2.05, 4.69) is 20.7 Å². The number of carboxylic acid groups (broad SMARTS) is 1. The SMILES string of the molecule is O=C1CN(Nc2oc(C=C3C=Nc4ncccc43)c(O)c2C(=O)O)CCN1. The number of hydrazine groups is 1. The number of rotatable bonds is 4. The molecule has 0 atom stereocenters. The molecule has 138 valence electrons. The number of aromatic carboxylic acids is 1. The summed E-state index contributed by atoms with van der Waals surface area (Å²) in [6.07, 6.45) is 4.66. The van der Waals surface area contributed by atoms with E-state index in [0.717, 1.165) is 5.56 Å². The number of aliphatic imine (C=N–C) groups is 1. The van der Waals surface area contributed by atoms with Crippen molar-refractivity contribution in [2.45, 2.75) is 0 Å². The average molecular weight is 369 g/mol. The summed E-state index contributed by atoms with van der Waals surface area (Å²) in [7, 11) is 0. The molecule has 2 aromatic rings. The second-order valence-electron chi connectivity index (χ2n) is 5.94. The Bertz CT molecular complexity index is 994.